The lowest BCUT2D eigenvalue weighted by Gasteiger charge is -2.24. The SMILES string of the molecule is COc1ccc(NC(=O)CN(c2ccc(F)cc2)S(=O)(=O)c2ccc(OC)c(OC)c2)cc1. The number of benzene rings is 3. The molecule has 10 heteroatoms. The summed E-state index contributed by atoms with van der Waals surface area (Å²) in [5, 5.41) is 2.65. The maximum Gasteiger partial charge on any atom is 0.264 e. The molecule has 0 aliphatic rings. The highest BCUT2D eigenvalue weighted by molar-refractivity contribution is 7.92. The molecule has 0 heterocycles. The van der Waals surface area contributed by atoms with Gasteiger partial charge in [0.05, 0.1) is 31.9 Å². The van der Waals surface area contributed by atoms with Gasteiger partial charge in [0.1, 0.15) is 18.1 Å². The molecule has 33 heavy (non-hydrogen) atoms. The van der Waals surface area contributed by atoms with E-state index in [1.807, 2.05) is 0 Å². The number of hydrogen-bond donors (Lipinski definition) is 1. The summed E-state index contributed by atoms with van der Waals surface area (Å²) in [5.41, 5.74) is 0.583. The molecule has 3 rings (SSSR count). The molecule has 0 saturated carbocycles. The van der Waals surface area contributed by atoms with Crippen LogP contribution >= 0.6 is 0 Å². The van der Waals surface area contributed by atoms with Crippen LogP contribution < -0.4 is 23.8 Å². The number of hydrogen-bond acceptors (Lipinski definition) is 6. The summed E-state index contributed by atoms with van der Waals surface area (Å²) in [7, 11) is 0.107. The zero-order valence-corrected chi connectivity index (χ0v) is 19.1. The summed E-state index contributed by atoms with van der Waals surface area (Å²) >= 11 is 0. The maximum atomic E-state index is 13.5. The third kappa shape index (κ3) is 5.53. The van der Waals surface area contributed by atoms with Crippen molar-refractivity contribution in [2.24, 2.45) is 0 Å². The predicted octanol–water partition coefficient (Wildman–Crippen LogP) is 3.69. The van der Waals surface area contributed by atoms with E-state index in [1.165, 1.54) is 51.7 Å². The summed E-state index contributed by atoms with van der Waals surface area (Å²) in [6.45, 7) is -0.547. The van der Waals surface area contributed by atoms with E-state index < -0.39 is 28.3 Å². The second kappa shape index (κ2) is 10.2. The maximum absolute atomic E-state index is 13.5. The number of anilines is 2. The molecule has 0 fully saturated rings. The van der Waals surface area contributed by atoms with Crippen LogP contribution in [0.1, 0.15) is 0 Å². The van der Waals surface area contributed by atoms with E-state index in [4.69, 9.17) is 14.2 Å². The Morgan fingerprint density at radius 2 is 1.52 bits per heavy atom. The third-order valence-electron chi connectivity index (χ3n) is 4.72. The topological polar surface area (TPSA) is 94.2 Å². The van der Waals surface area contributed by atoms with E-state index in [2.05, 4.69) is 5.32 Å². The normalized spacial score (nSPS) is 10.9. The van der Waals surface area contributed by atoms with Gasteiger partial charge >= 0.3 is 0 Å². The Morgan fingerprint density at radius 1 is 0.879 bits per heavy atom. The van der Waals surface area contributed by atoms with Gasteiger partial charge in [0.25, 0.3) is 10.0 Å². The molecular formula is C23H23FN2O6S. The molecule has 1 N–H and O–H groups in total. The third-order valence-corrected chi connectivity index (χ3v) is 6.49. The quantitative estimate of drug-likeness (QED) is 0.509. The summed E-state index contributed by atoms with van der Waals surface area (Å²) < 4.78 is 56.8. The number of methoxy groups -OCH3 is 3. The Bertz CT molecular complexity index is 1210. The second-order valence-electron chi connectivity index (χ2n) is 6.78. The first-order valence-corrected chi connectivity index (χ1v) is 11.2. The first-order chi connectivity index (χ1) is 15.8. The van der Waals surface area contributed by atoms with Crippen molar-refractivity contribution in [1.82, 2.24) is 0 Å². The van der Waals surface area contributed by atoms with Crippen molar-refractivity contribution in [3.63, 3.8) is 0 Å². The van der Waals surface area contributed by atoms with Gasteiger partial charge in [0.15, 0.2) is 11.5 Å². The average Bonchev–Trinajstić information content (AvgIpc) is 2.83. The van der Waals surface area contributed by atoms with E-state index in [-0.39, 0.29) is 16.3 Å². The number of amides is 1. The minimum atomic E-state index is -4.23. The highest BCUT2D eigenvalue weighted by atomic mass is 32.2. The van der Waals surface area contributed by atoms with Gasteiger partial charge in [0.2, 0.25) is 5.91 Å². The molecular weight excluding hydrogens is 451 g/mol. The molecule has 0 spiro atoms. The minimum absolute atomic E-state index is 0.121. The average molecular weight is 475 g/mol. The van der Waals surface area contributed by atoms with Crippen molar-refractivity contribution in [2.75, 3.05) is 37.5 Å². The van der Waals surface area contributed by atoms with Crippen molar-refractivity contribution in [1.29, 1.82) is 0 Å². The minimum Gasteiger partial charge on any atom is -0.497 e. The summed E-state index contributed by atoms with van der Waals surface area (Å²) in [5.74, 6) is 0.0396. The Hall–Kier alpha value is -3.79. The van der Waals surface area contributed by atoms with E-state index in [0.29, 0.717) is 17.2 Å². The number of nitrogens with one attached hydrogen (secondary N) is 1. The lowest BCUT2D eigenvalue weighted by molar-refractivity contribution is -0.114. The second-order valence-corrected chi connectivity index (χ2v) is 8.64. The molecule has 1 amide bonds. The van der Waals surface area contributed by atoms with Crippen LogP contribution in [-0.2, 0) is 14.8 Å². The van der Waals surface area contributed by atoms with Gasteiger partial charge in [-0.05, 0) is 60.7 Å². The van der Waals surface area contributed by atoms with Crippen molar-refractivity contribution >= 4 is 27.3 Å². The highest BCUT2D eigenvalue weighted by Crippen LogP contribution is 2.32. The Morgan fingerprint density at radius 3 is 2.09 bits per heavy atom. The highest BCUT2D eigenvalue weighted by Gasteiger charge is 2.28. The molecule has 0 atom stereocenters. The van der Waals surface area contributed by atoms with Gasteiger partial charge in [-0.1, -0.05) is 0 Å². The fourth-order valence-corrected chi connectivity index (χ4v) is 4.47. The number of halogens is 1. The molecule has 0 saturated heterocycles. The molecule has 0 aromatic heterocycles. The Kier molecular flexibility index (Phi) is 7.39. The fourth-order valence-electron chi connectivity index (χ4n) is 3.03. The number of sulfonamides is 1. The molecule has 0 unspecified atom stereocenters. The van der Waals surface area contributed by atoms with Crippen LogP contribution in [0.5, 0.6) is 17.2 Å². The molecule has 0 aliphatic heterocycles. The van der Waals surface area contributed by atoms with Crippen LogP contribution in [0.15, 0.2) is 71.6 Å². The number of carbonyl (C=O) groups excluding carboxylic acids is 1. The predicted molar refractivity (Wildman–Crippen MR) is 122 cm³/mol. The summed E-state index contributed by atoms with van der Waals surface area (Å²) in [6.07, 6.45) is 0. The lowest BCUT2D eigenvalue weighted by Crippen LogP contribution is -2.38. The molecule has 3 aromatic rings. The zero-order chi connectivity index (χ0) is 24.0. The number of ether oxygens (including phenoxy) is 3. The fraction of sp³-hybridized carbons (Fsp3) is 0.174. The number of carbonyl (C=O) groups is 1. The lowest BCUT2D eigenvalue weighted by atomic mass is 10.3. The van der Waals surface area contributed by atoms with Gasteiger partial charge < -0.3 is 19.5 Å². The molecule has 0 radical (unpaired) electrons. The molecule has 0 bridgehead atoms. The zero-order valence-electron chi connectivity index (χ0n) is 18.2. The van der Waals surface area contributed by atoms with Crippen LogP contribution in [0.4, 0.5) is 15.8 Å². The smallest absolute Gasteiger partial charge is 0.264 e. The van der Waals surface area contributed by atoms with Gasteiger partial charge in [-0.3, -0.25) is 9.10 Å². The summed E-state index contributed by atoms with van der Waals surface area (Å²) in [4.78, 5) is 12.6. The molecule has 8 nitrogen and oxygen atoms in total. The Labute approximate surface area is 191 Å². The van der Waals surface area contributed by atoms with Crippen LogP contribution in [0, 0.1) is 5.82 Å². The van der Waals surface area contributed by atoms with Gasteiger partial charge in [0, 0.05) is 11.8 Å². The number of nitrogens with zero attached hydrogens (tertiary/aromatic N) is 1. The van der Waals surface area contributed by atoms with Gasteiger partial charge in [-0.2, -0.15) is 0 Å². The van der Waals surface area contributed by atoms with E-state index in [9.17, 15) is 17.6 Å². The molecule has 3 aromatic carbocycles. The van der Waals surface area contributed by atoms with Gasteiger partial charge in [-0.25, -0.2) is 12.8 Å². The number of rotatable bonds is 9. The van der Waals surface area contributed by atoms with Crippen molar-refractivity contribution in [2.45, 2.75) is 4.90 Å². The first kappa shape index (κ1) is 23.9. The van der Waals surface area contributed by atoms with Crippen molar-refractivity contribution < 1.29 is 31.8 Å². The van der Waals surface area contributed by atoms with Crippen LogP contribution in [0.2, 0.25) is 0 Å². The van der Waals surface area contributed by atoms with Crippen molar-refractivity contribution in [3.05, 3.63) is 72.5 Å². The molecule has 174 valence electrons. The van der Waals surface area contributed by atoms with Crippen molar-refractivity contribution in [3.8, 4) is 17.2 Å². The van der Waals surface area contributed by atoms with Crippen LogP contribution in [-0.4, -0.2) is 42.2 Å². The largest absolute Gasteiger partial charge is 0.497 e. The van der Waals surface area contributed by atoms with Crippen LogP contribution in [0.3, 0.4) is 0 Å². The first-order valence-electron chi connectivity index (χ1n) is 9.72. The van der Waals surface area contributed by atoms with Crippen LogP contribution in [0.25, 0.3) is 0 Å². The van der Waals surface area contributed by atoms with E-state index in [1.54, 1.807) is 24.3 Å². The van der Waals surface area contributed by atoms with Gasteiger partial charge in [-0.15, -0.1) is 0 Å². The molecule has 0 aliphatic carbocycles. The monoisotopic (exact) mass is 474 g/mol. The Balaban J connectivity index is 1.95. The van der Waals surface area contributed by atoms with E-state index in [0.717, 1.165) is 16.4 Å². The van der Waals surface area contributed by atoms with E-state index >= 15 is 0 Å². The summed E-state index contributed by atoms with van der Waals surface area (Å²) in [6, 6.07) is 15.5. The standard InChI is InChI=1S/C23H23FN2O6S/c1-30-19-10-6-17(7-11-19)25-23(27)15-26(18-8-4-16(24)5-9-18)33(28,29)20-12-13-21(31-2)22(14-20)32-3/h4-14H,15H2,1-3H3,(H,25,27).